The summed E-state index contributed by atoms with van der Waals surface area (Å²) in [5.41, 5.74) is -0.443. The molecule has 0 saturated carbocycles. The zero-order chi connectivity index (χ0) is 27.4. The van der Waals surface area contributed by atoms with Gasteiger partial charge in [-0.3, -0.25) is 24.0 Å². The van der Waals surface area contributed by atoms with Crippen molar-refractivity contribution in [3.05, 3.63) is 23.8 Å². The van der Waals surface area contributed by atoms with Crippen molar-refractivity contribution < 1.29 is 42.9 Å². The molecule has 4 rings (SSSR count). The Balaban J connectivity index is 1.58. The van der Waals surface area contributed by atoms with E-state index in [9.17, 15) is 24.0 Å². The Hall–Kier alpha value is -2.69. The van der Waals surface area contributed by atoms with E-state index in [0.29, 0.717) is 5.57 Å². The van der Waals surface area contributed by atoms with Crippen LogP contribution in [0, 0.1) is 23.7 Å². The van der Waals surface area contributed by atoms with Crippen molar-refractivity contribution in [3.63, 3.8) is 0 Å². The van der Waals surface area contributed by atoms with Gasteiger partial charge in [0.1, 0.15) is 17.6 Å². The number of nitrogens with zero attached hydrogens (tertiary/aromatic N) is 1. The summed E-state index contributed by atoms with van der Waals surface area (Å²) >= 11 is 0. The molecule has 0 radical (unpaired) electrons. The lowest BCUT2D eigenvalue weighted by Gasteiger charge is -2.56. The molecule has 4 fully saturated rings. The number of hydrogen-bond donors (Lipinski definition) is 0. The first kappa shape index (κ1) is 27.3. The van der Waals surface area contributed by atoms with Crippen LogP contribution in [0.4, 0.5) is 0 Å². The van der Waals surface area contributed by atoms with E-state index >= 15 is 0 Å². The van der Waals surface area contributed by atoms with Crippen molar-refractivity contribution in [1.29, 1.82) is 0 Å². The summed E-state index contributed by atoms with van der Waals surface area (Å²) in [7, 11) is 2.79. The van der Waals surface area contributed by atoms with E-state index < -0.39 is 65.0 Å². The zero-order valence-electron chi connectivity index (χ0n) is 22.3. The first-order valence-corrected chi connectivity index (χ1v) is 12.6. The van der Waals surface area contributed by atoms with Crippen LogP contribution in [0.25, 0.3) is 0 Å². The van der Waals surface area contributed by atoms with Crippen LogP contribution in [-0.4, -0.2) is 84.5 Å². The Morgan fingerprint density at radius 1 is 1.11 bits per heavy atom. The lowest BCUT2D eigenvalue weighted by atomic mass is 9.73. The van der Waals surface area contributed by atoms with Crippen LogP contribution < -0.4 is 0 Å². The fourth-order valence-electron chi connectivity index (χ4n) is 6.33. The standard InChI is InChI=1S/C27H35NO9/c1-13(8-9-17(29)20-19(31)12-28(6)24(20)32)10-14(2)22-15(3)23-18(30)11-26(5)27(36-22,37-23)21(16(4)35-26)25(33)34-7/h8-10,14-16,20-23H,11-12H2,1-7H3. The van der Waals surface area contributed by atoms with Gasteiger partial charge in [-0.25, -0.2) is 0 Å². The number of esters is 1. The number of carbonyl (C=O) groups excluding carboxylic acids is 5. The first-order valence-electron chi connectivity index (χ1n) is 12.6. The van der Waals surface area contributed by atoms with Gasteiger partial charge in [-0.05, 0) is 26.8 Å². The molecule has 9 atom stereocenters. The molecule has 4 aliphatic heterocycles. The van der Waals surface area contributed by atoms with Gasteiger partial charge in [0.05, 0.1) is 25.9 Å². The zero-order valence-corrected chi connectivity index (χ0v) is 22.3. The molecule has 2 bridgehead atoms. The third-order valence-electron chi connectivity index (χ3n) is 8.13. The number of amides is 1. The van der Waals surface area contributed by atoms with Gasteiger partial charge in [0, 0.05) is 25.3 Å². The molecule has 0 aliphatic carbocycles. The average Bonchev–Trinajstić information content (AvgIpc) is 3.20. The van der Waals surface area contributed by atoms with Crippen LogP contribution in [0.15, 0.2) is 23.8 Å². The summed E-state index contributed by atoms with van der Waals surface area (Å²) in [4.78, 5) is 63.8. The number of allylic oxidation sites excluding steroid dienone is 3. The SMILES string of the molecule is COC(=O)C1C(C)OC2(C)CC(=O)C3OC12OC(C(C)C=C(C)C=CC(=O)C1C(=O)CN(C)C1=O)C3C. The minimum absolute atomic E-state index is 0.0639. The monoisotopic (exact) mass is 517 g/mol. The summed E-state index contributed by atoms with van der Waals surface area (Å²) in [6.45, 7) is 9.00. The van der Waals surface area contributed by atoms with Crippen LogP contribution in [0.3, 0.4) is 0 Å². The number of Topliss-reactive ketones (excluding diaryl/α,β-unsaturated/α-hetero) is 2. The highest BCUT2D eigenvalue weighted by Gasteiger charge is 2.74. The summed E-state index contributed by atoms with van der Waals surface area (Å²) < 4.78 is 24.1. The van der Waals surface area contributed by atoms with Gasteiger partial charge in [0.25, 0.3) is 0 Å². The Kier molecular flexibility index (Phi) is 7.07. The number of likely N-dealkylation sites (tertiary alicyclic amines) is 1. The summed E-state index contributed by atoms with van der Waals surface area (Å²) in [6.07, 6.45) is 2.91. The van der Waals surface area contributed by atoms with Crippen LogP contribution in [-0.2, 0) is 42.9 Å². The van der Waals surface area contributed by atoms with Crippen molar-refractivity contribution in [3.8, 4) is 0 Å². The highest BCUT2D eigenvalue weighted by atomic mass is 16.8. The molecule has 10 nitrogen and oxygen atoms in total. The third-order valence-corrected chi connectivity index (χ3v) is 8.13. The van der Waals surface area contributed by atoms with Gasteiger partial charge in [0.2, 0.25) is 11.7 Å². The predicted octanol–water partition coefficient (Wildman–Crippen LogP) is 1.41. The molecule has 1 spiro atoms. The normalized spacial score (nSPS) is 40.8. The number of ketones is 3. The molecule has 0 aromatic heterocycles. The Morgan fingerprint density at radius 3 is 2.38 bits per heavy atom. The molecule has 37 heavy (non-hydrogen) atoms. The minimum Gasteiger partial charge on any atom is -0.469 e. The topological polar surface area (TPSA) is 126 Å². The molecule has 0 N–H and O–H groups in total. The Labute approximate surface area is 216 Å². The quantitative estimate of drug-likeness (QED) is 0.222. The van der Waals surface area contributed by atoms with E-state index in [1.165, 1.54) is 25.1 Å². The van der Waals surface area contributed by atoms with Gasteiger partial charge in [-0.1, -0.05) is 31.6 Å². The first-order chi connectivity index (χ1) is 17.3. The fourth-order valence-corrected chi connectivity index (χ4v) is 6.33. The highest BCUT2D eigenvalue weighted by molar-refractivity contribution is 6.25. The van der Waals surface area contributed by atoms with E-state index in [2.05, 4.69) is 0 Å². The van der Waals surface area contributed by atoms with Crippen LogP contribution >= 0.6 is 0 Å². The molecule has 4 aliphatic rings. The smallest absolute Gasteiger partial charge is 0.316 e. The largest absolute Gasteiger partial charge is 0.469 e. The summed E-state index contributed by atoms with van der Waals surface area (Å²) in [5, 5.41) is 0. The van der Waals surface area contributed by atoms with E-state index in [0.717, 1.165) is 0 Å². The average molecular weight is 518 g/mol. The lowest BCUT2D eigenvalue weighted by Crippen LogP contribution is -2.71. The number of likely N-dealkylation sites (N-methyl/N-ethyl adjacent to an activating group) is 1. The van der Waals surface area contributed by atoms with E-state index in [1.54, 1.807) is 26.8 Å². The maximum absolute atomic E-state index is 13.1. The van der Waals surface area contributed by atoms with Crippen molar-refractivity contribution >= 4 is 29.2 Å². The van der Waals surface area contributed by atoms with Crippen LogP contribution in [0.1, 0.15) is 41.0 Å². The van der Waals surface area contributed by atoms with E-state index in [1.807, 2.05) is 19.9 Å². The van der Waals surface area contributed by atoms with Crippen molar-refractivity contribution in [2.75, 3.05) is 20.7 Å². The van der Waals surface area contributed by atoms with E-state index in [-0.39, 0.29) is 30.6 Å². The third kappa shape index (κ3) is 4.28. The second-order valence-corrected chi connectivity index (χ2v) is 10.9. The molecule has 10 heteroatoms. The number of hydrogen-bond acceptors (Lipinski definition) is 9. The molecular weight excluding hydrogens is 482 g/mol. The number of methoxy groups -OCH3 is 1. The molecule has 4 saturated heterocycles. The molecule has 4 heterocycles. The number of fused-ring (bicyclic) bond motifs is 1. The van der Waals surface area contributed by atoms with Gasteiger partial charge in [-0.15, -0.1) is 0 Å². The fraction of sp³-hybridized carbons (Fsp3) is 0.667. The van der Waals surface area contributed by atoms with Crippen LogP contribution in [0.5, 0.6) is 0 Å². The molecule has 202 valence electrons. The Morgan fingerprint density at radius 2 is 1.78 bits per heavy atom. The van der Waals surface area contributed by atoms with Gasteiger partial charge in [-0.2, -0.15) is 0 Å². The second-order valence-electron chi connectivity index (χ2n) is 10.9. The molecule has 0 aromatic rings. The van der Waals surface area contributed by atoms with Gasteiger partial charge in [0.15, 0.2) is 23.3 Å². The number of ether oxygens (including phenoxy) is 4. The molecule has 0 aromatic carbocycles. The maximum Gasteiger partial charge on any atom is 0.316 e. The van der Waals surface area contributed by atoms with Crippen molar-refractivity contribution in [1.82, 2.24) is 4.90 Å². The van der Waals surface area contributed by atoms with Crippen molar-refractivity contribution in [2.24, 2.45) is 23.7 Å². The molecule has 1 amide bonds. The minimum atomic E-state index is -1.48. The van der Waals surface area contributed by atoms with Crippen LogP contribution in [0.2, 0.25) is 0 Å². The summed E-state index contributed by atoms with van der Waals surface area (Å²) in [6, 6.07) is 0. The number of carbonyl (C=O) groups is 5. The Bertz CT molecular complexity index is 1100. The second kappa shape index (κ2) is 9.56. The number of rotatable bonds is 6. The van der Waals surface area contributed by atoms with E-state index in [4.69, 9.17) is 18.9 Å². The van der Waals surface area contributed by atoms with Crippen molar-refractivity contribution in [2.45, 2.75) is 70.7 Å². The maximum atomic E-state index is 13.1. The molecule has 9 unspecified atom stereocenters. The lowest BCUT2D eigenvalue weighted by molar-refractivity contribution is -0.387. The summed E-state index contributed by atoms with van der Waals surface area (Å²) in [5.74, 6) is -6.29. The van der Waals surface area contributed by atoms with Gasteiger partial charge >= 0.3 is 5.97 Å². The predicted molar refractivity (Wildman–Crippen MR) is 129 cm³/mol. The van der Waals surface area contributed by atoms with Gasteiger partial charge < -0.3 is 23.8 Å². The molecular formula is C27H35NO9. The highest BCUT2D eigenvalue weighted by Crippen LogP contribution is 2.57.